The Hall–Kier alpha value is -1.68. The summed E-state index contributed by atoms with van der Waals surface area (Å²) in [5.41, 5.74) is 0.0755. The van der Waals surface area contributed by atoms with Crippen LogP contribution in [0.1, 0.15) is 13.8 Å². The van der Waals surface area contributed by atoms with Crippen molar-refractivity contribution in [1.29, 1.82) is 0 Å². The maximum atomic E-state index is 12.7. The molecule has 2 rings (SSSR count). The van der Waals surface area contributed by atoms with E-state index in [0.717, 1.165) is 0 Å². The highest BCUT2D eigenvalue weighted by molar-refractivity contribution is 7.89. The minimum Gasteiger partial charge on any atom is -0.379 e. The van der Waals surface area contributed by atoms with Gasteiger partial charge in [0.25, 0.3) is 0 Å². The molecule has 1 aliphatic rings. The standard InChI is InChI=1S/C16H22ClN3O5S/c1-3-19(4-2)16(22)15(21)18-14-11-12(5-6-13(14)17)26(23,24)20-7-9-25-10-8-20/h5-6,11H,3-4,7-10H2,1-2H3,(H,18,21). The number of nitrogens with one attached hydrogen (secondary N) is 1. The van der Waals surface area contributed by atoms with E-state index >= 15 is 0 Å². The number of hydrogen-bond acceptors (Lipinski definition) is 5. The molecule has 0 spiro atoms. The summed E-state index contributed by atoms with van der Waals surface area (Å²) >= 11 is 6.06. The van der Waals surface area contributed by atoms with E-state index in [2.05, 4.69) is 5.32 Å². The predicted octanol–water partition coefficient (Wildman–Crippen LogP) is 1.17. The highest BCUT2D eigenvalue weighted by atomic mass is 35.5. The SMILES string of the molecule is CCN(CC)C(=O)C(=O)Nc1cc(S(=O)(=O)N2CCOCC2)ccc1Cl. The van der Waals surface area contributed by atoms with E-state index in [1.165, 1.54) is 27.4 Å². The molecule has 0 saturated carbocycles. The molecule has 8 nitrogen and oxygen atoms in total. The Kier molecular flexibility index (Phi) is 6.99. The second-order valence-electron chi connectivity index (χ2n) is 5.59. The van der Waals surface area contributed by atoms with Gasteiger partial charge in [-0.25, -0.2) is 8.42 Å². The molecule has 144 valence electrons. The molecule has 1 heterocycles. The molecule has 1 aromatic carbocycles. The smallest absolute Gasteiger partial charge is 0.313 e. The number of ether oxygens (including phenoxy) is 1. The number of carbonyl (C=O) groups excluding carboxylic acids is 2. The van der Waals surface area contributed by atoms with Crippen molar-refractivity contribution in [2.75, 3.05) is 44.7 Å². The van der Waals surface area contributed by atoms with Gasteiger partial charge in [0.1, 0.15) is 0 Å². The number of sulfonamides is 1. The third kappa shape index (κ3) is 4.53. The van der Waals surface area contributed by atoms with E-state index in [0.29, 0.717) is 26.3 Å². The lowest BCUT2D eigenvalue weighted by atomic mass is 10.3. The molecule has 0 aliphatic carbocycles. The minimum absolute atomic E-state index is 0.00520. The maximum Gasteiger partial charge on any atom is 0.313 e. The Labute approximate surface area is 158 Å². The Balaban J connectivity index is 2.24. The summed E-state index contributed by atoms with van der Waals surface area (Å²) in [6.45, 7) is 5.47. The fourth-order valence-electron chi connectivity index (χ4n) is 2.53. The van der Waals surface area contributed by atoms with E-state index in [9.17, 15) is 18.0 Å². The average molecular weight is 404 g/mol. The maximum absolute atomic E-state index is 12.7. The van der Waals surface area contributed by atoms with Crippen molar-refractivity contribution in [2.45, 2.75) is 18.7 Å². The van der Waals surface area contributed by atoms with Crippen molar-refractivity contribution < 1.29 is 22.7 Å². The highest BCUT2D eigenvalue weighted by Gasteiger charge is 2.27. The second-order valence-corrected chi connectivity index (χ2v) is 7.93. The van der Waals surface area contributed by atoms with Crippen LogP contribution in [-0.2, 0) is 24.3 Å². The second kappa shape index (κ2) is 8.81. The average Bonchev–Trinajstić information content (AvgIpc) is 2.64. The first-order valence-electron chi connectivity index (χ1n) is 8.29. The first-order valence-corrected chi connectivity index (χ1v) is 10.1. The number of carbonyl (C=O) groups is 2. The topological polar surface area (TPSA) is 96.0 Å². The molecule has 10 heteroatoms. The van der Waals surface area contributed by atoms with Gasteiger partial charge < -0.3 is 15.0 Å². The summed E-state index contributed by atoms with van der Waals surface area (Å²) in [6, 6.07) is 4.02. The number of hydrogen-bond donors (Lipinski definition) is 1. The molecule has 0 radical (unpaired) electrons. The van der Waals surface area contributed by atoms with Crippen LogP contribution in [0, 0.1) is 0 Å². The van der Waals surface area contributed by atoms with Crippen molar-refractivity contribution >= 4 is 39.1 Å². The van der Waals surface area contributed by atoms with Gasteiger partial charge in [-0.2, -0.15) is 4.31 Å². The van der Waals surface area contributed by atoms with Crippen LogP contribution >= 0.6 is 11.6 Å². The van der Waals surface area contributed by atoms with Crippen molar-refractivity contribution in [3.05, 3.63) is 23.2 Å². The number of nitrogens with zero attached hydrogens (tertiary/aromatic N) is 2. The summed E-state index contributed by atoms with van der Waals surface area (Å²) < 4.78 is 31.9. The number of rotatable bonds is 5. The highest BCUT2D eigenvalue weighted by Crippen LogP contribution is 2.27. The number of likely N-dealkylation sites (N-methyl/N-ethyl adjacent to an activating group) is 1. The number of amides is 2. The van der Waals surface area contributed by atoms with Crippen LogP contribution in [0.2, 0.25) is 5.02 Å². The number of morpholine rings is 1. The summed E-state index contributed by atoms with van der Waals surface area (Å²) in [4.78, 5) is 25.6. The van der Waals surface area contributed by atoms with Crippen molar-refractivity contribution in [3.63, 3.8) is 0 Å². The van der Waals surface area contributed by atoms with E-state index in [1.807, 2.05) is 0 Å². The zero-order valence-electron chi connectivity index (χ0n) is 14.7. The van der Waals surface area contributed by atoms with Crippen molar-refractivity contribution in [1.82, 2.24) is 9.21 Å². The molecule has 2 amide bonds. The third-order valence-electron chi connectivity index (χ3n) is 4.04. The molecule has 1 saturated heterocycles. The Morgan fingerprint density at radius 2 is 1.85 bits per heavy atom. The van der Waals surface area contributed by atoms with Gasteiger partial charge in [-0.3, -0.25) is 9.59 Å². The van der Waals surface area contributed by atoms with E-state index in [4.69, 9.17) is 16.3 Å². The molecule has 0 unspecified atom stereocenters. The molecule has 0 atom stereocenters. The normalized spacial score (nSPS) is 15.5. The lowest BCUT2D eigenvalue weighted by molar-refractivity contribution is -0.142. The molecule has 26 heavy (non-hydrogen) atoms. The molecule has 1 fully saturated rings. The van der Waals surface area contributed by atoms with Crippen LogP contribution in [0.4, 0.5) is 5.69 Å². The first-order chi connectivity index (χ1) is 12.3. The van der Waals surface area contributed by atoms with Crippen LogP contribution in [0.15, 0.2) is 23.1 Å². The van der Waals surface area contributed by atoms with Crippen LogP contribution in [0.25, 0.3) is 0 Å². The van der Waals surface area contributed by atoms with Gasteiger partial charge in [-0.1, -0.05) is 11.6 Å². The van der Waals surface area contributed by atoms with Gasteiger partial charge in [0.2, 0.25) is 10.0 Å². The van der Waals surface area contributed by atoms with E-state index in [-0.39, 0.29) is 28.7 Å². The van der Waals surface area contributed by atoms with Gasteiger partial charge in [0.05, 0.1) is 28.8 Å². The third-order valence-corrected chi connectivity index (χ3v) is 6.26. The van der Waals surface area contributed by atoms with E-state index in [1.54, 1.807) is 13.8 Å². The quantitative estimate of drug-likeness (QED) is 0.744. The Morgan fingerprint density at radius 1 is 1.23 bits per heavy atom. The molecule has 1 N–H and O–H groups in total. The molecule has 0 aromatic heterocycles. The summed E-state index contributed by atoms with van der Waals surface area (Å²) in [7, 11) is -3.73. The van der Waals surface area contributed by atoms with Crippen LogP contribution in [0.3, 0.4) is 0 Å². The Morgan fingerprint density at radius 3 is 2.42 bits per heavy atom. The van der Waals surface area contributed by atoms with Crippen LogP contribution < -0.4 is 5.32 Å². The van der Waals surface area contributed by atoms with Gasteiger partial charge in [-0.05, 0) is 32.0 Å². The van der Waals surface area contributed by atoms with Gasteiger partial charge in [-0.15, -0.1) is 0 Å². The number of halogens is 1. The molecule has 1 aliphatic heterocycles. The van der Waals surface area contributed by atoms with Gasteiger partial charge >= 0.3 is 11.8 Å². The number of anilines is 1. The number of benzene rings is 1. The summed E-state index contributed by atoms with van der Waals surface area (Å²) in [5, 5.41) is 2.55. The van der Waals surface area contributed by atoms with Crippen LogP contribution in [0.5, 0.6) is 0 Å². The van der Waals surface area contributed by atoms with Gasteiger partial charge in [0, 0.05) is 26.2 Å². The Bertz CT molecular complexity index is 774. The van der Waals surface area contributed by atoms with Gasteiger partial charge in [0.15, 0.2) is 0 Å². The zero-order valence-corrected chi connectivity index (χ0v) is 16.3. The van der Waals surface area contributed by atoms with Crippen molar-refractivity contribution in [2.24, 2.45) is 0 Å². The zero-order chi connectivity index (χ0) is 19.3. The largest absolute Gasteiger partial charge is 0.379 e. The predicted molar refractivity (Wildman–Crippen MR) is 97.6 cm³/mol. The summed E-state index contributed by atoms with van der Waals surface area (Å²) in [5.74, 6) is -1.57. The summed E-state index contributed by atoms with van der Waals surface area (Å²) in [6.07, 6.45) is 0. The van der Waals surface area contributed by atoms with Crippen molar-refractivity contribution in [3.8, 4) is 0 Å². The van der Waals surface area contributed by atoms with E-state index < -0.39 is 21.8 Å². The fourth-order valence-corrected chi connectivity index (χ4v) is 4.13. The molecule has 1 aromatic rings. The fraction of sp³-hybridized carbons (Fsp3) is 0.500. The monoisotopic (exact) mass is 403 g/mol. The molecule has 0 bridgehead atoms. The molecular formula is C16H22ClN3O5S. The van der Waals surface area contributed by atoms with Crippen LogP contribution in [-0.4, -0.2) is 68.8 Å². The molecular weight excluding hydrogens is 382 g/mol. The minimum atomic E-state index is -3.73. The first kappa shape index (κ1) is 20.6. The lowest BCUT2D eigenvalue weighted by Gasteiger charge is -2.26. The lowest BCUT2D eigenvalue weighted by Crippen LogP contribution is -2.40.